The molecular formula is C19H20ClN3. The largest absolute Gasteiger partial charge is 0.357 e. The Balaban J connectivity index is 2.06. The first kappa shape index (κ1) is 15.8. The SMILES string of the molecule is Cc1ccc(-c2cc(N3CCCCCC3)nc(Cl)c2C#N)cc1. The molecule has 0 unspecified atom stereocenters. The van der Waals surface area contributed by atoms with Gasteiger partial charge in [0.1, 0.15) is 17.0 Å². The molecule has 0 amide bonds. The van der Waals surface area contributed by atoms with Gasteiger partial charge < -0.3 is 4.90 Å². The van der Waals surface area contributed by atoms with E-state index in [0.717, 1.165) is 30.0 Å². The van der Waals surface area contributed by atoms with Crippen LogP contribution in [-0.2, 0) is 0 Å². The first-order chi connectivity index (χ1) is 11.2. The van der Waals surface area contributed by atoms with E-state index in [1.54, 1.807) is 0 Å². The van der Waals surface area contributed by atoms with Gasteiger partial charge in [-0.3, -0.25) is 0 Å². The van der Waals surface area contributed by atoms with Crippen LogP contribution in [0.4, 0.5) is 5.82 Å². The molecule has 118 valence electrons. The lowest BCUT2D eigenvalue weighted by Crippen LogP contribution is -2.25. The normalized spacial score (nSPS) is 15.1. The number of nitrogens with zero attached hydrogens (tertiary/aromatic N) is 3. The second-order valence-electron chi connectivity index (χ2n) is 6.07. The van der Waals surface area contributed by atoms with E-state index in [0.29, 0.717) is 10.7 Å². The standard InChI is InChI=1S/C19H20ClN3/c1-14-6-8-15(9-7-14)16-12-18(22-19(20)17(16)13-21)23-10-4-2-3-5-11-23/h6-9,12H,2-5,10-11H2,1H3. The van der Waals surface area contributed by atoms with Gasteiger partial charge >= 0.3 is 0 Å². The molecule has 0 aliphatic carbocycles. The van der Waals surface area contributed by atoms with Crippen molar-refractivity contribution in [1.29, 1.82) is 5.26 Å². The summed E-state index contributed by atoms with van der Waals surface area (Å²) in [6.07, 6.45) is 4.90. The van der Waals surface area contributed by atoms with E-state index in [1.165, 1.54) is 31.2 Å². The summed E-state index contributed by atoms with van der Waals surface area (Å²) in [4.78, 5) is 6.77. The minimum Gasteiger partial charge on any atom is -0.357 e. The van der Waals surface area contributed by atoms with Gasteiger partial charge in [-0.05, 0) is 31.4 Å². The van der Waals surface area contributed by atoms with Crippen LogP contribution in [0, 0.1) is 18.3 Å². The van der Waals surface area contributed by atoms with Crippen molar-refractivity contribution in [3.8, 4) is 17.2 Å². The van der Waals surface area contributed by atoms with E-state index in [4.69, 9.17) is 11.6 Å². The molecule has 2 heterocycles. The predicted molar refractivity (Wildman–Crippen MR) is 94.8 cm³/mol. The highest BCUT2D eigenvalue weighted by Crippen LogP contribution is 2.32. The number of aromatic nitrogens is 1. The molecule has 1 aromatic carbocycles. The van der Waals surface area contributed by atoms with Crippen molar-refractivity contribution >= 4 is 17.4 Å². The summed E-state index contributed by atoms with van der Waals surface area (Å²) in [5.41, 5.74) is 3.52. The lowest BCUT2D eigenvalue weighted by atomic mass is 10.0. The zero-order valence-electron chi connectivity index (χ0n) is 13.3. The van der Waals surface area contributed by atoms with Crippen molar-refractivity contribution in [2.75, 3.05) is 18.0 Å². The minimum atomic E-state index is 0.296. The maximum atomic E-state index is 9.47. The predicted octanol–water partition coefficient (Wildman–Crippen LogP) is 4.96. The molecule has 1 saturated heterocycles. The molecule has 4 heteroatoms. The average Bonchev–Trinajstić information content (AvgIpc) is 2.84. The van der Waals surface area contributed by atoms with E-state index in [9.17, 15) is 5.26 Å². The van der Waals surface area contributed by atoms with Gasteiger partial charge in [-0.15, -0.1) is 0 Å². The Kier molecular flexibility index (Phi) is 4.83. The van der Waals surface area contributed by atoms with E-state index >= 15 is 0 Å². The van der Waals surface area contributed by atoms with Crippen LogP contribution in [0.25, 0.3) is 11.1 Å². The highest BCUT2D eigenvalue weighted by Gasteiger charge is 2.17. The number of hydrogen-bond acceptors (Lipinski definition) is 3. The van der Waals surface area contributed by atoms with Crippen LogP contribution in [0.3, 0.4) is 0 Å². The molecule has 3 nitrogen and oxygen atoms in total. The second-order valence-corrected chi connectivity index (χ2v) is 6.43. The summed E-state index contributed by atoms with van der Waals surface area (Å²) in [6.45, 7) is 4.06. The first-order valence-corrected chi connectivity index (χ1v) is 8.49. The molecule has 23 heavy (non-hydrogen) atoms. The summed E-state index contributed by atoms with van der Waals surface area (Å²) >= 11 is 6.32. The van der Waals surface area contributed by atoms with Gasteiger partial charge in [0.15, 0.2) is 0 Å². The van der Waals surface area contributed by atoms with Gasteiger partial charge in [-0.25, -0.2) is 4.98 Å². The van der Waals surface area contributed by atoms with E-state index in [-0.39, 0.29) is 0 Å². The third-order valence-corrected chi connectivity index (χ3v) is 4.64. The fourth-order valence-corrected chi connectivity index (χ4v) is 3.26. The number of aryl methyl sites for hydroxylation is 1. The quantitative estimate of drug-likeness (QED) is 0.732. The Morgan fingerprint density at radius 3 is 2.35 bits per heavy atom. The molecule has 1 aromatic heterocycles. The lowest BCUT2D eigenvalue weighted by molar-refractivity contribution is 0.726. The van der Waals surface area contributed by atoms with E-state index in [2.05, 4.69) is 35.0 Å². The number of benzene rings is 1. The Labute approximate surface area is 142 Å². The summed E-state index contributed by atoms with van der Waals surface area (Å²) in [6, 6.07) is 12.4. The van der Waals surface area contributed by atoms with Crippen molar-refractivity contribution in [3.63, 3.8) is 0 Å². The summed E-state index contributed by atoms with van der Waals surface area (Å²) < 4.78 is 0. The zero-order chi connectivity index (χ0) is 16.2. The zero-order valence-corrected chi connectivity index (χ0v) is 14.1. The van der Waals surface area contributed by atoms with Crippen molar-refractivity contribution in [1.82, 2.24) is 4.98 Å². The first-order valence-electron chi connectivity index (χ1n) is 8.11. The Morgan fingerprint density at radius 1 is 1.09 bits per heavy atom. The number of anilines is 1. The monoisotopic (exact) mass is 325 g/mol. The molecule has 2 aromatic rings. The number of rotatable bonds is 2. The molecule has 0 N–H and O–H groups in total. The molecule has 0 radical (unpaired) electrons. The van der Waals surface area contributed by atoms with Crippen LogP contribution in [0.1, 0.15) is 36.8 Å². The molecule has 1 fully saturated rings. The molecule has 1 aliphatic rings. The molecule has 1 aliphatic heterocycles. The highest BCUT2D eigenvalue weighted by molar-refractivity contribution is 6.31. The minimum absolute atomic E-state index is 0.296. The lowest BCUT2D eigenvalue weighted by Gasteiger charge is -2.22. The van der Waals surface area contributed by atoms with Crippen LogP contribution >= 0.6 is 11.6 Å². The van der Waals surface area contributed by atoms with Gasteiger partial charge in [0.2, 0.25) is 0 Å². The smallest absolute Gasteiger partial charge is 0.149 e. The van der Waals surface area contributed by atoms with Gasteiger partial charge in [0.05, 0.1) is 5.56 Å². The second kappa shape index (κ2) is 7.02. The van der Waals surface area contributed by atoms with Crippen LogP contribution in [0.2, 0.25) is 5.15 Å². The van der Waals surface area contributed by atoms with E-state index in [1.807, 2.05) is 18.2 Å². The number of nitriles is 1. The summed E-state index contributed by atoms with van der Waals surface area (Å²) in [5, 5.41) is 9.77. The topological polar surface area (TPSA) is 39.9 Å². The molecule has 0 saturated carbocycles. The maximum Gasteiger partial charge on any atom is 0.149 e. The molecule has 0 atom stereocenters. The third-order valence-electron chi connectivity index (χ3n) is 4.37. The fourth-order valence-electron chi connectivity index (χ4n) is 3.03. The van der Waals surface area contributed by atoms with Gasteiger partial charge in [0.25, 0.3) is 0 Å². The molecule has 3 rings (SSSR count). The Hall–Kier alpha value is -2.05. The van der Waals surface area contributed by atoms with Crippen molar-refractivity contribution in [3.05, 3.63) is 46.6 Å². The third kappa shape index (κ3) is 3.48. The van der Waals surface area contributed by atoms with Crippen LogP contribution < -0.4 is 4.90 Å². The maximum absolute atomic E-state index is 9.47. The van der Waals surface area contributed by atoms with Crippen LogP contribution in [0.15, 0.2) is 30.3 Å². The summed E-state index contributed by atoms with van der Waals surface area (Å²) in [5.74, 6) is 0.881. The number of pyridine rings is 1. The van der Waals surface area contributed by atoms with Crippen LogP contribution in [-0.4, -0.2) is 18.1 Å². The Bertz CT molecular complexity index is 724. The van der Waals surface area contributed by atoms with Crippen LogP contribution in [0.5, 0.6) is 0 Å². The number of hydrogen-bond donors (Lipinski definition) is 0. The Morgan fingerprint density at radius 2 is 1.74 bits per heavy atom. The summed E-state index contributed by atoms with van der Waals surface area (Å²) in [7, 11) is 0. The molecule has 0 spiro atoms. The fraction of sp³-hybridized carbons (Fsp3) is 0.368. The van der Waals surface area contributed by atoms with Crippen molar-refractivity contribution in [2.45, 2.75) is 32.6 Å². The van der Waals surface area contributed by atoms with Crippen molar-refractivity contribution in [2.24, 2.45) is 0 Å². The van der Waals surface area contributed by atoms with Crippen molar-refractivity contribution < 1.29 is 0 Å². The molecule has 0 bridgehead atoms. The molecular weight excluding hydrogens is 306 g/mol. The number of halogens is 1. The van der Waals surface area contributed by atoms with E-state index < -0.39 is 0 Å². The van der Waals surface area contributed by atoms with Gasteiger partial charge in [-0.2, -0.15) is 5.26 Å². The highest BCUT2D eigenvalue weighted by atomic mass is 35.5. The van der Waals surface area contributed by atoms with Gasteiger partial charge in [-0.1, -0.05) is 54.3 Å². The van der Waals surface area contributed by atoms with Gasteiger partial charge in [0, 0.05) is 18.7 Å². The average molecular weight is 326 g/mol.